The summed E-state index contributed by atoms with van der Waals surface area (Å²) >= 11 is 3.37. The third-order valence-corrected chi connectivity index (χ3v) is 6.60. The summed E-state index contributed by atoms with van der Waals surface area (Å²) in [7, 11) is -4.03. The minimum absolute atomic E-state index is 0.0317. The zero-order valence-electron chi connectivity index (χ0n) is 19.4. The molecule has 2 rings (SSSR count). The van der Waals surface area contributed by atoms with E-state index < -0.39 is 46.1 Å². The van der Waals surface area contributed by atoms with Crippen LogP contribution in [0.25, 0.3) is 0 Å². The van der Waals surface area contributed by atoms with Crippen LogP contribution in [0, 0.1) is 17.6 Å². The van der Waals surface area contributed by atoms with Crippen LogP contribution in [-0.4, -0.2) is 50.5 Å². The topological polar surface area (TPSA) is 86.8 Å². The third kappa shape index (κ3) is 7.76. The molecule has 0 aromatic heterocycles. The predicted octanol–water partition coefficient (Wildman–Crippen LogP) is 3.68. The Bertz CT molecular complexity index is 1140. The molecule has 0 saturated carbocycles. The highest BCUT2D eigenvalue weighted by molar-refractivity contribution is 9.10. The van der Waals surface area contributed by atoms with Gasteiger partial charge < -0.3 is 10.2 Å². The maximum Gasteiger partial charge on any atom is 0.244 e. The maximum absolute atomic E-state index is 13.8. The minimum atomic E-state index is -4.03. The van der Waals surface area contributed by atoms with Crippen molar-refractivity contribution < 1.29 is 26.8 Å². The monoisotopic (exact) mass is 559 g/mol. The Morgan fingerprint density at radius 1 is 1.06 bits per heavy atom. The largest absolute Gasteiger partial charge is 0.354 e. The molecule has 0 bridgehead atoms. The van der Waals surface area contributed by atoms with Crippen LogP contribution in [0.15, 0.2) is 46.9 Å². The Balaban J connectivity index is 2.39. The van der Waals surface area contributed by atoms with Crippen LogP contribution in [0.2, 0.25) is 0 Å². The van der Waals surface area contributed by atoms with E-state index in [1.165, 1.54) is 4.90 Å². The van der Waals surface area contributed by atoms with E-state index in [9.17, 15) is 26.8 Å². The van der Waals surface area contributed by atoms with E-state index in [1.807, 2.05) is 19.9 Å². The number of hydrogen-bond acceptors (Lipinski definition) is 4. The molecule has 0 spiro atoms. The van der Waals surface area contributed by atoms with Gasteiger partial charge in [-0.1, -0.05) is 41.9 Å². The summed E-state index contributed by atoms with van der Waals surface area (Å²) in [6, 6.07) is 8.78. The Morgan fingerprint density at radius 2 is 1.74 bits per heavy atom. The van der Waals surface area contributed by atoms with Crippen molar-refractivity contribution >= 4 is 43.5 Å². The lowest BCUT2D eigenvalue weighted by atomic mass is 10.1. The van der Waals surface area contributed by atoms with Gasteiger partial charge in [-0.25, -0.2) is 17.2 Å². The van der Waals surface area contributed by atoms with Gasteiger partial charge >= 0.3 is 0 Å². The zero-order valence-corrected chi connectivity index (χ0v) is 21.8. The first kappa shape index (κ1) is 27.7. The summed E-state index contributed by atoms with van der Waals surface area (Å²) in [6.07, 6.45) is 0.860. The molecule has 1 N–H and O–H groups in total. The molecule has 0 aliphatic rings. The van der Waals surface area contributed by atoms with E-state index in [1.54, 1.807) is 25.1 Å². The highest BCUT2D eigenvalue weighted by Crippen LogP contribution is 2.22. The van der Waals surface area contributed by atoms with E-state index in [2.05, 4.69) is 21.2 Å². The van der Waals surface area contributed by atoms with Gasteiger partial charge in [0.2, 0.25) is 21.8 Å². The average molecular weight is 560 g/mol. The summed E-state index contributed by atoms with van der Waals surface area (Å²) in [5.74, 6) is -3.26. The molecular weight excluding hydrogens is 532 g/mol. The minimum Gasteiger partial charge on any atom is -0.354 e. The number of halogens is 3. The molecule has 0 aliphatic heterocycles. The summed E-state index contributed by atoms with van der Waals surface area (Å²) in [4.78, 5) is 27.4. The number of hydrogen-bond donors (Lipinski definition) is 1. The Morgan fingerprint density at radius 3 is 2.29 bits per heavy atom. The van der Waals surface area contributed by atoms with Crippen LogP contribution in [-0.2, 0) is 26.2 Å². The molecule has 2 amide bonds. The Hall–Kier alpha value is -2.53. The fourth-order valence-corrected chi connectivity index (χ4v) is 4.41. The second-order valence-corrected chi connectivity index (χ2v) is 11.2. The van der Waals surface area contributed by atoms with Gasteiger partial charge in [0.25, 0.3) is 0 Å². The molecular formula is C23H28BrF2N3O4S. The molecule has 11 heteroatoms. The number of nitrogens with zero attached hydrogens (tertiary/aromatic N) is 2. The molecule has 2 aromatic carbocycles. The van der Waals surface area contributed by atoms with Crippen molar-refractivity contribution in [1.29, 1.82) is 0 Å². The molecule has 7 nitrogen and oxygen atoms in total. The summed E-state index contributed by atoms with van der Waals surface area (Å²) in [5, 5.41) is 2.78. The number of anilines is 1. The first-order valence-electron chi connectivity index (χ1n) is 10.5. The molecule has 0 aliphatic carbocycles. The van der Waals surface area contributed by atoms with E-state index >= 15 is 0 Å². The van der Waals surface area contributed by atoms with Gasteiger partial charge in [0, 0.05) is 23.6 Å². The van der Waals surface area contributed by atoms with Gasteiger partial charge in [-0.05, 0) is 42.7 Å². The number of nitrogens with one attached hydrogen (secondary N) is 1. The molecule has 0 fully saturated rings. The SMILES string of the molecule is CC(C)CNC(=O)[C@H](C)N(Cc1cccc(Br)c1)C(=O)CN(c1ccc(F)c(F)c1)S(C)(=O)=O. The number of amides is 2. The highest BCUT2D eigenvalue weighted by atomic mass is 79.9. The van der Waals surface area contributed by atoms with Crippen LogP contribution in [0.5, 0.6) is 0 Å². The third-order valence-electron chi connectivity index (χ3n) is 4.96. The maximum atomic E-state index is 13.8. The Labute approximate surface area is 207 Å². The predicted molar refractivity (Wildman–Crippen MR) is 131 cm³/mol. The number of sulfonamides is 1. The fraction of sp³-hybridized carbons (Fsp3) is 0.391. The lowest BCUT2D eigenvalue weighted by molar-refractivity contribution is -0.139. The first-order valence-corrected chi connectivity index (χ1v) is 13.2. The lowest BCUT2D eigenvalue weighted by Gasteiger charge is -2.31. The Kier molecular flexibility index (Phi) is 9.57. The molecule has 0 saturated heterocycles. The average Bonchev–Trinajstić information content (AvgIpc) is 2.74. The van der Waals surface area contributed by atoms with Gasteiger partial charge in [-0.2, -0.15) is 0 Å². The summed E-state index contributed by atoms with van der Waals surface area (Å²) < 4.78 is 53.5. The van der Waals surface area contributed by atoms with Crippen LogP contribution in [0.1, 0.15) is 26.3 Å². The second-order valence-electron chi connectivity index (χ2n) is 8.33. The number of carbonyl (C=O) groups is 2. The summed E-state index contributed by atoms with van der Waals surface area (Å²) in [6.45, 7) is 5.16. The van der Waals surface area contributed by atoms with Crippen molar-refractivity contribution in [1.82, 2.24) is 10.2 Å². The van der Waals surface area contributed by atoms with E-state index in [0.717, 1.165) is 22.9 Å². The molecule has 34 heavy (non-hydrogen) atoms. The molecule has 1 atom stereocenters. The smallest absolute Gasteiger partial charge is 0.244 e. The molecule has 0 unspecified atom stereocenters. The van der Waals surface area contributed by atoms with Crippen molar-refractivity contribution in [3.8, 4) is 0 Å². The zero-order chi connectivity index (χ0) is 25.6. The van der Waals surface area contributed by atoms with Crippen LogP contribution >= 0.6 is 15.9 Å². The van der Waals surface area contributed by atoms with Crippen molar-refractivity contribution in [3.05, 3.63) is 64.1 Å². The normalized spacial score (nSPS) is 12.4. The number of benzene rings is 2. The highest BCUT2D eigenvalue weighted by Gasteiger charge is 2.30. The number of carbonyl (C=O) groups excluding carboxylic acids is 2. The van der Waals surface area contributed by atoms with E-state index in [-0.39, 0.29) is 18.2 Å². The van der Waals surface area contributed by atoms with Gasteiger partial charge in [0.05, 0.1) is 11.9 Å². The summed E-state index contributed by atoms with van der Waals surface area (Å²) in [5.41, 5.74) is 0.513. The van der Waals surface area contributed by atoms with Crippen molar-refractivity contribution in [2.24, 2.45) is 5.92 Å². The van der Waals surface area contributed by atoms with Gasteiger partial charge in [-0.15, -0.1) is 0 Å². The van der Waals surface area contributed by atoms with E-state index in [4.69, 9.17) is 0 Å². The van der Waals surface area contributed by atoms with Crippen molar-refractivity contribution in [2.75, 3.05) is 23.7 Å². The molecule has 2 aromatic rings. The van der Waals surface area contributed by atoms with Crippen molar-refractivity contribution in [3.63, 3.8) is 0 Å². The number of rotatable bonds is 10. The van der Waals surface area contributed by atoms with Crippen LogP contribution < -0.4 is 9.62 Å². The quantitative estimate of drug-likeness (QED) is 0.481. The van der Waals surface area contributed by atoms with Gasteiger partial charge in [0.1, 0.15) is 12.6 Å². The first-order chi connectivity index (χ1) is 15.8. The fourth-order valence-electron chi connectivity index (χ4n) is 3.12. The second kappa shape index (κ2) is 11.7. The molecule has 186 valence electrons. The van der Waals surface area contributed by atoms with Crippen molar-refractivity contribution in [2.45, 2.75) is 33.4 Å². The van der Waals surface area contributed by atoms with E-state index in [0.29, 0.717) is 22.5 Å². The molecule has 0 heterocycles. The van der Waals surface area contributed by atoms with Crippen LogP contribution in [0.4, 0.5) is 14.5 Å². The van der Waals surface area contributed by atoms with Crippen LogP contribution in [0.3, 0.4) is 0 Å². The standard InChI is InChI=1S/C23H28BrF2N3O4S/c1-15(2)12-27-23(31)16(3)28(13-17-6-5-7-18(24)10-17)22(30)14-29(34(4,32)33)19-8-9-20(25)21(26)11-19/h5-11,15-16H,12-14H2,1-4H3,(H,27,31)/t16-/m0/s1. The van der Waals surface area contributed by atoms with Gasteiger partial charge in [0.15, 0.2) is 11.6 Å². The molecule has 0 radical (unpaired) electrons. The lowest BCUT2D eigenvalue weighted by Crippen LogP contribution is -2.51. The van der Waals surface area contributed by atoms with Gasteiger partial charge in [-0.3, -0.25) is 13.9 Å².